The lowest BCUT2D eigenvalue weighted by Crippen LogP contribution is -2.17. The molecule has 2 N–H and O–H groups in total. The van der Waals surface area contributed by atoms with Crippen LogP contribution in [0, 0.1) is 5.92 Å². The number of rotatable bonds is 3. The zero-order valence-electron chi connectivity index (χ0n) is 8.81. The van der Waals surface area contributed by atoms with E-state index in [9.17, 15) is 4.21 Å². The van der Waals surface area contributed by atoms with E-state index < -0.39 is 9.71 Å². The third-order valence-corrected chi connectivity index (χ3v) is 3.08. The number of hydrogen-bond donors (Lipinski definition) is 1. The molecule has 1 aromatic rings. The van der Waals surface area contributed by atoms with Gasteiger partial charge >= 0.3 is 0 Å². The van der Waals surface area contributed by atoms with Gasteiger partial charge in [-0.3, -0.25) is 9.35 Å². The molecule has 0 radical (unpaired) electrons. The molecule has 0 aliphatic carbocycles. The van der Waals surface area contributed by atoms with Crippen molar-refractivity contribution in [3.63, 3.8) is 0 Å². The van der Waals surface area contributed by atoms with Crippen molar-refractivity contribution in [2.75, 3.05) is 6.26 Å². The Kier molecular flexibility index (Phi) is 4.13. The fourth-order valence-electron chi connectivity index (χ4n) is 1.41. The summed E-state index contributed by atoms with van der Waals surface area (Å²) in [7, 11) is -2.27. The van der Waals surface area contributed by atoms with Gasteiger partial charge in [0.15, 0.2) is 0 Å². The fraction of sp³-hybridized carbons (Fsp3) is 0.400. The number of hydrogen-bond acceptors (Lipinski definition) is 2. The maximum Gasteiger partial charge on any atom is 0.129 e. The maximum atomic E-state index is 11.3. The van der Waals surface area contributed by atoms with Crippen LogP contribution in [-0.2, 0) is 16.1 Å². The van der Waals surface area contributed by atoms with E-state index >= 15 is 0 Å². The van der Waals surface area contributed by atoms with Gasteiger partial charge in [0.05, 0.1) is 0 Å². The molecule has 0 aliphatic rings. The summed E-state index contributed by atoms with van der Waals surface area (Å²) in [6.07, 6.45) is 4.02. The summed E-state index contributed by atoms with van der Waals surface area (Å²) in [6, 6.07) is 3.66. The summed E-state index contributed by atoms with van der Waals surface area (Å²) in [5.74, 6) is 0.162. The number of nitrogens with two attached hydrogens (primary N) is 1. The van der Waals surface area contributed by atoms with E-state index in [-0.39, 0.29) is 5.92 Å². The Labute approximate surface area is 95.8 Å². The van der Waals surface area contributed by atoms with Crippen molar-refractivity contribution in [2.24, 2.45) is 11.1 Å². The highest BCUT2D eigenvalue weighted by Crippen LogP contribution is 2.09. The van der Waals surface area contributed by atoms with Crippen LogP contribution in [0.15, 0.2) is 18.3 Å². The Balaban J connectivity index is 2.71. The molecule has 0 amide bonds. The third kappa shape index (κ3) is 5.16. The topological polar surface area (TPSA) is 56.0 Å². The zero-order chi connectivity index (χ0) is 11.5. The third-order valence-electron chi connectivity index (χ3n) is 1.85. The standard InChI is InChI=1S/C10H15ClN2OS/c1-8(7-15(2,12)14)5-9-3-4-10(11)13-6-9/h3-4,6-8H,5H2,1-2H3,(H2,12,14). The quantitative estimate of drug-likeness (QED) is 0.649. The molecule has 0 aromatic carbocycles. The summed E-state index contributed by atoms with van der Waals surface area (Å²) < 4.78 is 11.3. The smallest absolute Gasteiger partial charge is 0.129 e. The van der Waals surface area contributed by atoms with Gasteiger partial charge in [-0.05, 0) is 29.3 Å². The molecule has 0 saturated carbocycles. The van der Waals surface area contributed by atoms with Crippen LogP contribution in [0.5, 0.6) is 0 Å². The lowest BCUT2D eigenvalue weighted by atomic mass is 10.1. The SMILES string of the molecule is CC(C=S(C)(N)=O)Cc1ccc(Cl)nc1. The summed E-state index contributed by atoms with van der Waals surface area (Å²) >= 11 is 5.67. The maximum absolute atomic E-state index is 11.3. The van der Waals surface area contributed by atoms with E-state index in [1.54, 1.807) is 17.6 Å². The molecule has 1 heterocycles. The van der Waals surface area contributed by atoms with Gasteiger partial charge in [0.1, 0.15) is 5.15 Å². The van der Waals surface area contributed by atoms with Crippen LogP contribution in [-0.4, -0.2) is 20.8 Å². The lowest BCUT2D eigenvalue weighted by molar-refractivity contribution is 0.684. The highest BCUT2D eigenvalue weighted by atomic mass is 35.5. The van der Waals surface area contributed by atoms with Crippen molar-refractivity contribution < 1.29 is 4.21 Å². The molecule has 1 aromatic heterocycles. The Bertz CT molecular complexity index is 427. The van der Waals surface area contributed by atoms with Crippen molar-refractivity contribution in [3.8, 4) is 0 Å². The van der Waals surface area contributed by atoms with Gasteiger partial charge in [0.2, 0.25) is 0 Å². The monoisotopic (exact) mass is 246 g/mol. The lowest BCUT2D eigenvalue weighted by Gasteiger charge is -2.07. The van der Waals surface area contributed by atoms with Crippen molar-refractivity contribution >= 4 is 26.7 Å². The average Bonchev–Trinajstić information content (AvgIpc) is 2.05. The first-order valence-corrected chi connectivity index (χ1v) is 7.06. The first-order chi connectivity index (χ1) is 6.87. The fourth-order valence-corrected chi connectivity index (χ4v) is 2.54. The summed E-state index contributed by atoms with van der Waals surface area (Å²) in [4.78, 5) is 3.98. The van der Waals surface area contributed by atoms with E-state index in [1.807, 2.05) is 13.0 Å². The van der Waals surface area contributed by atoms with E-state index in [0.29, 0.717) is 5.15 Å². The molecular formula is C10H15ClN2OS. The van der Waals surface area contributed by atoms with Crippen LogP contribution >= 0.6 is 11.6 Å². The normalized spacial score (nSPS) is 16.8. The number of aromatic nitrogens is 1. The summed E-state index contributed by atoms with van der Waals surface area (Å²) in [6.45, 7) is 1.98. The Morgan fingerprint density at radius 2 is 2.33 bits per heavy atom. The first-order valence-electron chi connectivity index (χ1n) is 4.59. The molecule has 0 aliphatic heterocycles. The predicted molar refractivity (Wildman–Crippen MR) is 66.4 cm³/mol. The van der Waals surface area contributed by atoms with E-state index in [2.05, 4.69) is 4.98 Å². The summed E-state index contributed by atoms with van der Waals surface area (Å²) in [5.41, 5.74) is 1.06. The summed E-state index contributed by atoms with van der Waals surface area (Å²) in [5, 5.41) is 7.61. The van der Waals surface area contributed by atoms with Crippen molar-refractivity contribution in [3.05, 3.63) is 29.0 Å². The first kappa shape index (κ1) is 12.5. The molecule has 2 unspecified atom stereocenters. The second kappa shape index (κ2) is 4.96. The molecular weight excluding hydrogens is 232 g/mol. The molecule has 84 valence electrons. The number of nitrogens with zero attached hydrogens (tertiary/aromatic N) is 1. The molecule has 0 saturated heterocycles. The van der Waals surface area contributed by atoms with Crippen LogP contribution in [0.2, 0.25) is 5.15 Å². The number of pyridine rings is 1. The van der Waals surface area contributed by atoms with E-state index in [0.717, 1.165) is 12.0 Å². The van der Waals surface area contributed by atoms with Crippen LogP contribution in [0.3, 0.4) is 0 Å². The van der Waals surface area contributed by atoms with Gasteiger partial charge in [-0.15, -0.1) is 0 Å². The van der Waals surface area contributed by atoms with Gasteiger partial charge in [-0.1, -0.05) is 24.6 Å². The van der Waals surface area contributed by atoms with Gasteiger partial charge < -0.3 is 0 Å². The van der Waals surface area contributed by atoms with Crippen LogP contribution in [0.25, 0.3) is 0 Å². The zero-order valence-corrected chi connectivity index (χ0v) is 10.4. The molecule has 3 nitrogen and oxygen atoms in total. The van der Waals surface area contributed by atoms with Crippen molar-refractivity contribution in [1.29, 1.82) is 0 Å². The molecule has 15 heavy (non-hydrogen) atoms. The predicted octanol–water partition coefficient (Wildman–Crippen LogP) is 1.50. The van der Waals surface area contributed by atoms with Crippen molar-refractivity contribution in [2.45, 2.75) is 13.3 Å². The van der Waals surface area contributed by atoms with Crippen LogP contribution in [0.4, 0.5) is 0 Å². The highest BCUT2D eigenvalue weighted by molar-refractivity contribution is 7.98. The number of halogens is 1. The van der Waals surface area contributed by atoms with Crippen LogP contribution in [0.1, 0.15) is 12.5 Å². The molecule has 0 spiro atoms. The van der Waals surface area contributed by atoms with Crippen LogP contribution < -0.4 is 5.14 Å². The minimum absolute atomic E-state index is 0.162. The second-order valence-electron chi connectivity index (χ2n) is 3.77. The minimum Gasteiger partial charge on any atom is -0.260 e. The molecule has 5 heteroatoms. The van der Waals surface area contributed by atoms with Gasteiger partial charge in [0, 0.05) is 22.2 Å². The molecule has 0 bridgehead atoms. The largest absolute Gasteiger partial charge is 0.260 e. The molecule has 1 rings (SSSR count). The Morgan fingerprint density at radius 3 is 2.80 bits per heavy atom. The van der Waals surface area contributed by atoms with Gasteiger partial charge in [-0.2, -0.15) is 0 Å². The van der Waals surface area contributed by atoms with Gasteiger partial charge in [-0.25, -0.2) is 4.98 Å². The Morgan fingerprint density at radius 1 is 1.67 bits per heavy atom. The average molecular weight is 247 g/mol. The molecule has 2 atom stereocenters. The highest BCUT2D eigenvalue weighted by Gasteiger charge is 2.03. The van der Waals surface area contributed by atoms with Crippen molar-refractivity contribution in [1.82, 2.24) is 4.98 Å². The van der Waals surface area contributed by atoms with Gasteiger partial charge in [0.25, 0.3) is 0 Å². The Hall–Kier alpha value is -0.580. The molecule has 0 fully saturated rings. The minimum atomic E-state index is -2.27. The van der Waals surface area contributed by atoms with E-state index in [1.165, 1.54) is 6.26 Å². The van der Waals surface area contributed by atoms with E-state index in [4.69, 9.17) is 16.7 Å². The second-order valence-corrected chi connectivity index (χ2v) is 6.37.